The average Bonchev–Trinajstić information content (AvgIpc) is 3.20. The van der Waals surface area contributed by atoms with Crippen molar-refractivity contribution < 1.29 is 4.79 Å². The number of benzene rings is 2. The number of piperidine rings is 1. The predicted molar refractivity (Wildman–Crippen MR) is 101 cm³/mol. The number of hydrogen-bond donors (Lipinski definition) is 3. The minimum absolute atomic E-state index is 0.0960. The van der Waals surface area contributed by atoms with Gasteiger partial charge in [-0.15, -0.1) is 0 Å². The maximum Gasteiger partial charge on any atom is 0.227 e. The number of carbonyl (C=O) groups is 1. The van der Waals surface area contributed by atoms with Crippen molar-refractivity contribution in [2.75, 3.05) is 18.4 Å². The van der Waals surface area contributed by atoms with Gasteiger partial charge in [0.25, 0.3) is 0 Å². The maximum atomic E-state index is 12.3. The van der Waals surface area contributed by atoms with Crippen molar-refractivity contribution in [2.45, 2.75) is 12.8 Å². The van der Waals surface area contributed by atoms with Crippen molar-refractivity contribution in [2.24, 2.45) is 5.92 Å². The Labute approximate surface area is 152 Å². The fourth-order valence-electron chi connectivity index (χ4n) is 3.15. The second-order valence-corrected chi connectivity index (χ2v) is 6.46. The van der Waals surface area contributed by atoms with Crippen LogP contribution in [0.1, 0.15) is 12.8 Å². The minimum Gasteiger partial charge on any atom is -0.326 e. The number of nitrogens with one attached hydrogen (secondary N) is 3. The zero-order valence-electron chi connectivity index (χ0n) is 14.4. The summed E-state index contributed by atoms with van der Waals surface area (Å²) >= 11 is 0. The molecule has 2 heterocycles. The molecule has 0 saturated carbocycles. The van der Waals surface area contributed by atoms with Gasteiger partial charge < -0.3 is 10.6 Å². The Morgan fingerprint density at radius 1 is 0.962 bits per heavy atom. The third kappa shape index (κ3) is 3.65. The van der Waals surface area contributed by atoms with Gasteiger partial charge in [-0.05, 0) is 50.2 Å². The molecule has 0 unspecified atom stereocenters. The van der Waals surface area contributed by atoms with Crippen LogP contribution in [0.4, 0.5) is 5.69 Å². The van der Waals surface area contributed by atoms with Gasteiger partial charge >= 0.3 is 0 Å². The molecule has 3 aromatic rings. The largest absolute Gasteiger partial charge is 0.326 e. The maximum absolute atomic E-state index is 12.3. The number of aromatic nitrogens is 3. The zero-order valence-corrected chi connectivity index (χ0v) is 14.4. The molecular formula is C20H21N5O. The molecule has 1 aromatic heterocycles. The highest BCUT2D eigenvalue weighted by Crippen LogP contribution is 2.22. The van der Waals surface area contributed by atoms with Crippen molar-refractivity contribution in [3.05, 3.63) is 54.6 Å². The van der Waals surface area contributed by atoms with Crippen LogP contribution in [0.15, 0.2) is 54.6 Å². The number of H-pyrrole nitrogens is 1. The molecule has 0 radical (unpaired) electrons. The van der Waals surface area contributed by atoms with Gasteiger partial charge in [-0.3, -0.25) is 9.89 Å². The molecule has 1 saturated heterocycles. The highest BCUT2D eigenvalue weighted by molar-refractivity contribution is 5.92. The molecule has 2 aromatic carbocycles. The van der Waals surface area contributed by atoms with Gasteiger partial charge in [0, 0.05) is 22.7 Å². The third-order valence-corrected chi connectivity index (χ3v) is 4.65. The topological polar surface area (TPSA) is 82.7 Å². The molecule has 1 aliphatic rings. The van der Waals surface area contributed by atoms with Crippen LogP contribution >= 0.6 is 0 Å². The fourth-order valence-corrected chi connectivity index (χ4v) is 3.15. The lowest BCUT2D eigenvalue weighted by Crippen LogP contribution is -2.34. The van der Waals surface area contributed by atoms with Gasteiger partial charge in [0.2, 0.25) is 5.91 Å². The Kier molecular flexibility index (Phi) is 4.75. The van der Waals surface area contributed by atoms with E-state index in [0.717, 1.165) is 42.7 Å². The van der Waals surface area contributed by atoms with Crippen LogP contribution in [0.3, 0.4) is 0 Å². The summed E-state index contributed by atoms with van der Waals surface area (Å²) in [5, 5.41) is 13.5. The second kappa shape index (κ2) is 7.49. The molecule has 0 aliphatic carbocycles. The number of nitrogens with zero attached hydrogens (tertiary/aromatic N) is 2. The second-order valence-electron chi connectivity index (χ2n) is 6.46. The van der Waals surface area contributed by atoms with E-state index < -0.39 is 0 Å². The standard InChI is InChI=1S/C20H21N5O/c26-20(16-10-12-21-13-11-16)22-17-8-6-15(7-9-17)19-23-18(24-25-19)14-4-2-1-3-5-14/h1-9,16,21H,10-13H2,(H,22,26)(H,23,24,25). The smallest absolute Gasteiger partial charge is 0.227 e. The first-order valence-corrected chi connectivity index (χ1v) is 8.89. The van der Waals surface area contributed by atoms with E-state index in [1.165, 1.54) is 0 Å². The number of rotatable bonds is 4. The summed E-state index contributed by atoms with van der Waals surface area (Å²) in [6.45, 7) is 1.82. The van der Waals surface area contributed by atoms with E-state index in [9.17, 15) is 4.79 Å². The number of hydrogen-bond acceptors (Lipinski definition) is 4. The quantitative estimate of drug-likeness (QED) is 0.677. The molecule has 26 heavy (non-hydrogen) atoms. The SMILES string of the molecule is O=C(Nc1ccc(-c2nc(-c3ccccc3)n[nH]2)cc1)C1CCNCC1. The third-order valence-electron chi connectivity index (χ3n) is 4.65. The van der Waals surface area contributed by atoms with Gasteiger partial charge in [-0.25, -0.2) is 4.98 Å². The molecular weight excluding hydrogens is 326 g/mol. The fraction of sp³-hybridized carbons (Fsp3) is 0.250. The number of amides is 1. The van der Waals surface area contributed by atoms with Gasteiger partial charge in [0.1, 0.15) is 0 Å². The van der Waals surface area contributed by atoms with E-state index in [-0.39, 0.29) is 11.8 Å². The van der Waals surface area contributed by atoms with Crippen molar-refractivity contribution in [3.8, 4) is 22.8 Å². The molecule has 0 bridgehead atoms. The first-order chi connectivity index (χ1) is 12.8. The van der Waals surface area contributed by atoms with Crippen LogP contribution in [0.2, 0.25) is 0 Å². The van der Waals surface area contributed by atoms with Crippen molar-refractivity contribution >= 4 is 11.6 Å². The molecule has 1 fully saturated rings. The summed E-state index contributed by atoms with van der Waals surface area (Å²) in [6, 6.07) is 17.5. The molecule has 6 nitrogen and oxygen atoms in total. The van der Waals surface area contributed by atoms with Crippen LogP contribution in [-0.2, 0) is 4.79 Å². The Hall–Kier alpha value is -2.99. The Balaban J connectivity index is 1.44. The molecule has 0 spiro atoms. The summed E-state index contributed by atoms with van der Waals surface area (Å²) in [5.41, 5.74) is 2.71. The van der Waals surface area contributed by atoms with Gasteiger partial charge in [0.15, 0.2) is 11.6 Å². The molecule has 132 valence electrons. The van der Waals surface area contributed by atoms with Crippen molar-refractivity contribution in [3.63, 3.8) is 0 Å². The van der Waals surface area contributed by atoms with Crippen LogP contribution in [-0.4, -0.2) is 34.2 Å². The summed E-state index contributed by atoms with van der Waals surface area (Å²) in [4.78, 5) is 16.9. The molecule has 3 N–H and O–H groups in total. The van der Waals surface area contributed by atoms with E-state index in [1.54, 1.807) is 0 Å². The van der Waals surface area contributed by atoms with E-state index in [4.69, 9.17) is 0 Å². The van der Waals surface area contributed by atoms with Crippen LogP contribution < -0.4 is 10.6 Å². The van der Waals surface area contributed by atoms with Gasteiger partial charge in [0.05, 0.1) is 0 Å². The van der Waals surface area contributed by atoms with Gasteiger partial charge in [-0.1, -0.05) is 30.3 Å². The van der Waals surface area contributed by atoms with Crippen molar-refractivity contribution in [1.82, 2.24) is 20.5 Å². The summed E-state index contributed by atoms with van der Waals surface area (Å²) in [7, 11) is 0. The van der Waals surface area contributed by atoms with Gasteiger partial charge in [-0.2, -0.15) is 5.10 Å². The Bertz CT molecular complexity index is 867. The highest BCUT2D eigenvalue weighted by atomic mass is 16.1. The van der Waals surface area contributed by atoms with E-state index in [2.05, 4.69) is 25.8 Å². The zero-order chi connectivity index (χ0) is 17.8. The molecule has 0 atom stereocenters. The molecule has 4 rings (SSSR count). The number of aromatic amines is 1. The predicted octanol–water partition coefficient (Wildman–Crippen LogP) is 3.08. The summed E-state index contributed by atoms with van der Waals surface area (Å²) in [6.07, 6.45) is 1.79. The van der Waals surface area contributed by atoms with Crippen LogP contribution in [0.25, 0.3) is 22.8 Å². The lowest BCUT2D eigenvalue weighted by Gasteiger charge is -2.21. The summed E-state index contributed by atoms with van der Waals surface area (Å²) < 4.78 is 0. The van der Waals surface area contributed by atoms with E-state index in [1.807, 2.05) is 54.6 Å². The number of anilines is 1. The lowest BCUT2D eigenvalue weighted by molar-refractivity contribution is -0.120. The van der Waals surface area contributed by atoms with Crippen molar-refractivity contribution in [1.29, 1.82) is 0 Å². The lowest BCUT2D eigenvalue weighted by atomic mass is 9.97. The molecule has 1 amide bonds. The highest BCUT2D eigenvalue weighted by Gasteiger charge is 2.20. The van der Waals surface area contributed by atoms with E-state index in [0.29, 0.717) is 11.6 Å². The van der Waals surface area contributed by atoms with Crippen LogP contribution in [0, 0.1) is 5.92 Å². The van der Waals surface area contributed by atoms with Crippen LogP contribution in [0.5, 0.6) is 0 Å². The monoisotopic (exact) mass is 347 g/mol. The Morgan fingerprint density at radius 3 is 2.42 bits per heavy atom. The first-order valence-electron chi connectivity index (χ1n) is 8.89. The normalized spacial score (nSPS) is 14.9. The minimum atomic E-state index is 0.0960. The van der Waals surface area contributed by atoms with E-state index >= 15 is 0 Å². The molecule has 6 heteroatoms. The first kappa shape index (κ1) is 16.5. The Morgan fingerprint density at radius 2 is 1.69 bits per heavy atom. The summed E-state index contributed by atoms with van der Waals surface area (Å²) in [5.74, 6) is 1.58. The average molecular weight is 347 g/mol. The number of carbonyl (C=O) groups excluding carboxylic acids is 1. The molecule has 1 aliphatic heterocycles.